The highest BCUT2D eigenvalue weighted by atomic mass is 79.9. The van der Waals surface area contributed by atoms with Crippen molar-refractivity contribution in [2.75, 3.05) is 6.61 Å². The molecule has 0 atom stereocenters. The van der Waals surface area contributed by atoms with Gasteiger partial charge < -0.3 is 4.74 Å². The summed E-state index contributed by atoms with van der Waals surface area (Å²) in [6.07, 6.45) is 0. The molecule has 0 unspecified atom stereocenters. The van der Waals surface area contributed by atoms with Crippen LogP contribution in [0.15, 0.2) is 16.6 Å². The van der Waals surface area contributed by atoms with Crippen LogP contribution in [-0.4, -0.2) is 27.2 Å². The predicted octanol–water partition coefficient (Wildman–Crippen LogP) is 1.98. The summed E-state index contributed by atoms with van der Waals surface area (Å²) in [7, 11) is 0. The molecule has 0 amide bonds. The molecule has 5 nitrogen and oxygen atoms in total. The fourth-order valence-corrected chi connectivity index (χ4v) is 1.86. The minimum absolute atomic E-state index is 0.345. The molecular formula is C10H10BrN3O2. The van der Waals surface area contributed by atoms with E-state index >= 15 is 0 Å². The maximum absolute atomic E-state index is 11.7. The highest BCUT2D eigenvalue weighted by molar-refractivity contribution is 9.10. The number of ether oxygens (including phenoxy) is 1. The van der Waals surface area contributed by atoms with Gasteiger partial charge in [-0.1, -0.05) is 0 Å². The molecule has 0 aliphatic rings. The number of hydrogen-bond acceptors (Lipinski definition) is 4. The van der Waals surface area contributed by atoms with E-state index in [1.807, 2.05) is 0 Å². The number of nitrogens with zero attached hydrogens (tertiary/aromatic N) is 3. The lowest BCUT2D eigenvalue weighted by atomic mass is 10.3. The first kappa shape index (κ1) is 11.1. The zero-order chi connectivity index (χ0) is 11.7. The number of rotatable bonds is 2. The van der Waals surface area contributed by atoms with Crippen LogP contribution in [-0.2, 0) is 4.74 Å². The Balaban J connectivity index is 2.66. The van der Waals surface area contributed by atoms with Crippen molar-refractivity contribution in [3.05, 3.63) is 28.1 Å². The van der Waals surface area contributed by atoms with Gasteiger partial charge in [0.2, 0.25) is 0 Å². The van der Waals surface area contributed by atoms with Crippen molar-refractivity contribution in [1.82, 2.24) is 14.6 Å². The SMILES string of the molecule is CCOC(=O)c1ccc(Br)c2nnc(C)n12. The Bertz CT molecular complexity index is 550. The highest BCUT2D eigenvalue weighted by Gasteiger charge is 2.15. The summed E-state index contributed by atoms with van der Waals surface area (Å²) < 4.78 is 7.43. The molecule has 6 heteroatoms. The summed E-state index contributed by atoms with van der Waals surface area (Å²) in [6, 6.07) is 3.45. The van der Waals surface area contributed by atoms with Crippen LogP contribution in [0, 0.1) is 6.92 Å². The third-order valence-electron chi connectivity index (χ3n) is 2.15. The van der Waals surface area contributed by atoms with Crippen LogP contribution in [0.25, 0.3) is 5.65 Å². The second-order valence-electron chi connectivity index (χ2n) is 3.19. The van der Waals surface area contributed by atoms with Gasteiger partial charge in [-0.25, -0.2) is 4.79 Å². The summed E-state index contributed by atoms with van der Waals surface area (Å²) >= 11 is 3.36. The summed E-state index contributed by atoms with van der Waals surface area (Å²) in [5, 5.41) is 7.91. The quantitative estimate of drug-likeness (QED) is 0.791. The molecule has 16 heavy (non-hydrogen) atoms. The maximum atomic E-state index is 11.7. The molecule has 0 aliphatic carbocycles. The first-order valence-electron chi connectivity index (χ1n) is 4.82. The number of pyridine rings is 1. The molecular weight excluding hydrogens is 274 g/mol. The lowest BCUT2D eigenvalue weighted by Gasteiger charge is -2.06. The molecule has 0 bridgehead atoms. The highest BCUT2D eigenvalue weighted by Crippen LogP contribution is 2.19. The number of carbonyl (C=O) groups excluding carboxylic acids is 1. The molecule has 0 saturated heterocycles. The van der Waals surface area contributed by atoms with Crippen LogP contribution in [0.4, 0.5) is 0 Å². The van der Waals surface area contributed by atoms with Crippen molar-refractivity contribution >= 4 is 27.5 Å². The molecule has 0 N–H and O–H groups in total. The van der Waals surface area contributed by atoms with Crippen molar-refractivity contribution in [3.8, 4) is 0 Å². The predicted molar refractivity (Wildman–Crippen MR) is 61.4 cm³/mol. The number of hydrogen-bond donors (Lipinski definition) is 0. The molecule has 0 fully saturated rings. The topological polar surface area (TPSA) is 56.5 Å². The second-order valence-corrected chi connectivity index (χ2v) is 4.05. The Kier molecular flexibility index (Phi) is 2.91. The van der Waals surface area contributed by atoms with E-state index in [1.54, 1.807) is 30.4 Å². The van der Waals surface area contributed by atoms with Crippen molar-refractivity contribution in [3.63, 3.8) is 0 Å². The monoisotopic (exact) mass is 283 g/mol. The summed E-state index contributed by atoms with van der Waals surface area (Å²) in [6.45, 7) is 3.90. The van der Waals surface area contributed by atoms with Gasteiger partial charge in [0.25, 0.3) is 0 Å². The molecule has 0 saturated carbocycles. The van der Waals surface area contributed by atoms with Gasteiger partial charge in [-0.2, -0.15) is 0 Å². The number of aromatic nitrogens is 3. The molecule has 2 heterocycles. The molecule has 2 rings (SSSR count). The van der Waals surface area contributed by atoms with E-state index in [0.717, 1.165) is 4.47 Å². The Hall–Kier alpha value is -1.43. The van der Waals surface area contributed by atoms with Crippen LogP contribution in [0.2, 0.25) is 0 Å². The molecule has 2 aromatic rings. The van der Waals surface area contributed by atoms with E-state index in [0.29, 0.717) is 23.8 Å². The number of fused-ring (bicyclic) bond motifs is 1. The average molecular weight is 284 g/mol. The lowest BCUT2D eigenvalue weighted by Crippen LogP contribution is -2.11. The fraction of sp³-hybridized carbons (Fsp3) is 0.300. The molecule has 0 radical (unpaired) electrons. The minimum Gasteiger partial charge on any atom is -0.461 e. The van der Waals surface area contributed by atoms with E-state index in [9.17, 15) is 4.79 Å². The zero-order valence-corrected chi connectivity index (χ0v) is 10.5. The number of carbonyl (C=O) groups is 1. The first-order chi connectivity index (χ1) is 7.65. The van der Waals surface area contributed by atoms with Gasteiger partial charge in [0.1, 0.15) is 11.5 Å². The van der Waals surface area contributed by atoms with Crippen LogP contribution < -0.4 is 0 Å². The Labute approximate surface area is 101 Å². The van der Waals surface area contributed by atoms with E-state index in [1.165, 1.54) is 0 Å². The molecule has 2 aromatic heterocycles. The Morgan fingerprint density at radius 3 is 2.94 bits per heavy atom. The van der Waals surface area contributed by atoms with Gasteiger partial charge in [-0.15, -0.1) is 10.2 Å². The molecule has 0 aliphatic heterocycles. The standard InChI is InChI=1S/C10H10BrN3O2/c1-3-16-10(15)8-5-4-7(11)9-13-12-6(2)14(8)9/h4-5H,3H2,1-2H3. The third-order valence-corrected chi connectivity index (χ3v) is 2.77. The van der Waals surface area contributed by atoms with Gasteiger partial charge in [-0.3, -0.25) is 4.40 Å². The summed E-state index contributed by atoms with van der Waals surface area (Å²) in [5.41, 5.74) is 1.05. The summed E-state index contributed by atoms with van der Waals surface area (Å²) in [5.74, 6) is 0.280. The number of halogens is 1. The van der Waals surface area contributed by atoms with Gasteiger partial charge in [0.05, 0.1) is 11.1 Å². The van der Waals surface area contributed by atoms with Gasteiger partial charge in [0, 0.05) is 0 Å². The molecule has 0 spiro atoms. The maximum Gasteiger partial charge on any atom is 0.355 e. The number of esters is 1. The number of aryl methyl sites for hydroxylation is 1. The smallest absolute Gasteiger partial charge is 0.355 e. The van der Waals surface area contributed by atoms with E-state index in [-0.39, 0.29) is 5.97 Å². The molecule has 84 valence electrons. The average Bonchev–Trinajstić information content (AvgIpc) is 2.63. The van der Waals surface area contributed by atoms with Crippen LogP contribution in [0.5, 0.6) is 0 Å². The van der Waals surface area contributed by atoms with Crippen LogP contribution >= 0.6 is 15.9 Å². The first-order valence-corrected chi connectivity index (χ1v) is 5.61. The van der Waals surface area contributed by atoms with Crippen LogP contribution in [0.3, 0.4) is 0 Å². The zero-order valence-electron chi connectivity index (χ0n) is 8.90. The third kappa shape index (κ3) is 1.69. The van der Waals surface area contributed by atoms with Crippen molar-refractivity contribution in [2.24, 2.45) is 0 Å². The van der Waals surface area contributed by atoms with Crippen molar-refractivity contribution < 1.29 is 9.53 Å². The fourth-order valence-electron chi connectivity index (χ4n) is 1.47. The Morgan fingerprint density at radius 1 is 1.50 bits per heavy atom. The summed E-state index contributed by atoms with van der Waals surface area (Å²) in [4.78, 5) is 11.7. The van der Waals surface area contributed by atoms with E-state index in [4.69, 9.17) is 4.74 Å². The van der Waals surface area contributed by atoms with Crippen LogP contribution in [0.1, 0.15) is 23.2 Å². The second kappa shape index (κ2) is 4.21. The van der Waals surface area contributed by atoms with Crippen molar-refractivity contribution in [2.45, 2.75) is 13.8 Å². The largest absolute Gasteiger partial charge is 0.461 e. The van der Waals surface area contributed by atoms with Gasteiger partial charge in [-0.05, 0) is 41.9 Å². The van der Waals surface area contributed by atoms with Crippen molar-refractivity contribution in [1.29, 1.82) is 0 Å². The minimum atomic E-state index is -0.372. The lowest BCUT2D eigenvalue weighted by molar-refractivity contribution is 0.0517. The van der Waals surface area contributed by atoms with Gasteiger partial charge in [0.15, 0.2) is 5.65 Å². The molecule has 0 aromatic carbocycles. The van der Waals surface area contributed by atoms with E-state index in [2.05, 4.69) is 26.1 Å². The van der Waals surface area contributed by atoms with E-state index < -0.39 is 0 Å². The normalized spacial score (nSPS) is 10.7. The van der Waals surface area contributed by atoms with Gasteiger partial charge >= 0.3 is 5.97 Å². The Morgan fingerprint density at radius 2 is 2.25 bits per heavy atom.